The number of hydrogen-bond acceptors (Lipinski definition) is 3. The van der Waals surface area contributed by atoms with Gasteiger partial charge in [0.05, 0.1) is 25.8 Å². The van der Waals surface area contributed by atoms with Crippen molar-refractivity contribution in [2.24, 2.45) is 0 Å². The van der Waals surface area contributed by atoms with Gasteiger partial charge in [0.25, 0.3) is 0 Å². The van der Waals surface area contributed by atoms with Gasteiger partial charge in [-0.25, -0.2) is 9.86 Å². The maximum absolute atomic E-state index is 12.3. The van der Waals surface area contributed by atoms with Crippen molar-refractivity contribution in [3.63, 3.8) is 0 Å². The summed E-state index contributed by atoms with van der Waals surface area (Å²) in [6, 6.07) is 7.58. The zero-order valence-electron chi connectivity index (χ0n) is 12.8. The van der Waals surface area contributed by atoms with Crippen LogP contribution in [0, 0.1) is 0 Å². The smallest absolute Gasteiger partial charge is 0.341 e. The zero-order chi connectivity index (χ0) is 15.1. The van der Waals surface area contributed by atoms with Crippen molar-refractivity contribution in [1.82, 2.24) is 10.4 Å². The number of amides is 2. The van der Waals surface area contributed by atoms with Crippen LogP contribution < -0.4 is 10.1 Å². The van der Waals surface area contributed by atoms with Crippen molar-refractivity contribution in [2.45, 2.75) is 39.2 Å². The predicted octanol–water partition coefficient (Wildman–Crippen LogP) is 3.27. The molecule has 0 saturated carbocycles. The molecule has 1 aliphatic rings. The molecule has 5 heteroatoms. The second kappa shape index (κ2) is 7.88. The molecule has 1 N–H and O–H groups in total. The molecule has 0 unspecified atom stereocenters. The number of urea groups is 1. The Bertz CT molecular complexity index is 459. The summed E-state index contributed by atoms with van der Waals surface area (Å²) < 4.78 is 5.65. The molecule has 0 aliphatic carbocycles. The van der Waals surface area contributed by atoms with E-state index in [0.29, 0.717) is 19.8 Å². The van der Waals surface area contributed by atoms with Gasteiger partial charge in [-0.1, -0.05) is 25.1 Å². The van der Waals surface area contributed by atoms with E-state index >= 15 is 0 Å². The Morgan fingerprint density at radius 3 is 2.86 bits per heavy atom. The molecule has 2 amide bonds. The number of benzene rings is 1. The summed E-state index contributed by atoms with van der Waals surface area (Å²) in [7, 11) is 0. The normalized spacial score (nSPS) is 16.4. The lowest BCUT2D eigenvalue weighted by molar-refractivity contribution is -0.140. The van der Waals surface area contributed by atoms with Crippen LogP contribution in [0.2, 0.25) is 0 Å². The van der Waals surface area contributed by atoms with Crippen LogP contribution in [-0.2, 0) is 4.84 Å². The quantitative estimate of drug-likeness (QED) is 0.906. The Balaban J connectivity index is 2.07. The Morgan fingerprint density at radius 2 is 2.19 bits per heavy atom. The van der Waals surface area contributed by atoms with Crippen LogP contribution in [0.1, 0.15) is 44.7 Å². The van der Waals surface area contributed by atoms with Gasteiger partial charge in [-0.3, -0.25) is 4.84 Å². The molecular formula is C16H24N2O3. The number of hydrogen-bond donors (Lipinski definition) is 1. The first-order valence-corrected chi connectivity index (χ1v) is 7.69. The third-order valence-electron chi connectivity index (χ3n) is 3.53. The maximum Gasteiger partial charge on any atom is 0.341 e. The first kappa shape index (κ1) is 15.6. The van der Waals surface area contributed by atoms with Gasteiger partial charge in [0.15, 0.2) is 0 Å². The van der Waals surface area contributed by atoms with Crippen LogP contribution in [0.5, 0.6) is 5.75 Å². The molecule has 0 bridgehead atoms. The molecule has 116 valence electrons. The highest BCUT2D eigenvalue weighted by Crippen LogP contribution is 2.27. The van der Waals surface area contributed by atoms with Crippen LogP contribution >= 0.6 is 0 Å². The molecule has 0 aromatic heterocycles. The topological polar surface area (TPSA) is 50.8 Å². The number of carbonyl (C=O) groups is 1. The number of carbonyl (C=O) groups excluding carboxylic acids is 1. The Morgan fingerprint density at radius 1 is 1.38 bits per heavy atom. The SMILES string of the molecule is CCOc1ccccc1[C@H](CC)NC(=O)N1CCCCO1. The lowest BCUT2D eigenvalue weighted by Gasteiger charge is -2.28. The molecule has 1 heterocycles. The summed E-state index contributed by atoms with van der Waals surface area (Å²) in [5, 5.41) is 4.46. The van der Waals surface area contributed by atoms with E-state index in [4.69, 9.17) is 9.57 Å². The van der Waals surface area contributed by atoms with E-state index in [1.54, 1.807) is 0 Å². The highest BCUT2D eigenvalue weighted by Gasteiger charge is 2.22. The summed E-state index contributed by atoms with van der Waals surface area (Å²) in [5.41, 5.74) is 1.01. The van der Waals surface area contributed by atoms with Crippen molar-refractivity contribution >= 4 is 6.03 Å². The molecule has 5 nitrogen and oxygen atoms in total. The van der Waals surface area contributed by atoms with Gasteiger partial charge in [0.1, 0.15) is 5.75 Å². The zero-order valence-corrected chi connectivity index (χ0v) is 12.8. The van der Waals surface area contributed by atoms with Crippen molar-refractivity contribution in [1.29, 1.82) is 0 Å². The molecule has 1 saturated heterocycles. The molecule has 1 aromatic carbocycles. The molecule has 0 spiro atoms. The van der Waals surface area contributed by atoms with Gasteiger partial charge >= 0.3 is 6.03 Å². The second-order valence-corrected chi connectivity index (χ2v) is 5.02. The number of hydroxylamine groups is 2. The first-order chi connectivity index (χ1) is 10.3. The number of nitrogens with zero attached hydrogens (tertiary/aromatic N) is 1. The van der Waals surface area contributed by atoms with Crippen molar-refractivity contribution in [2.75, 3.05) is 19.8 Å². The number of ether oxygens (including phenoxy) is 1. The van der Waals surface area contributed by atoms with E-state index < -0.39 is 0 Å². The fraction of sp³-hybridized carbons (Fsp3) is 0.562. The van der Waals surface area contributed by atoms with E-state index in [2.05, 4.69) is 5.32 Å². The first-order valence-electron chi connectivity index (χ1n) is 7.69. The second-order valence-electron chi connectivity index (χ2n) is 5.02. The minimum Gasteiger partial charge on any atom is -0.494 e. The summed E-state index contributed by atoms with van der Waals surface area (Å²) in [6.45, 7) is 5.87. The molecular weight excluding hydrogens is 268 g/mol. The number of rotatable bonds is 5. The standard InChI is InChI=1S/C16H24N2O3/c1-3-14(13-9-5-6-10-15(13)20-4-2)17-16(19)18-11-7-8-12-21-18/h5-6,9-10,14H,3-4,7-8,11-12H2,1-2H3,(H,17,19)/t14-/m0/s1. The van der Waals surface area contributed by atoms with Crippen molar-refractivity contribution < 1.29 is 14.4 Å². The van der Waals surface area contributed by atoms with Crippen molar-refractivity contribution in [3.05, 3.63) is 29.8 Å². The number of nitrogens with one attached hydrogen (secondary N) is 1. The summed E-state index contributed by atoms with van der Waals surface area (Å²) in [4.78, 5) is 17.6. The Labute approximate surface area is 126 Å². The molecule has 1 aromatic rings. The highest BCUT2D eigenvalue weighted by molar-refractivity contribution is 5.73. The van der Waals surface area contributed by atoms with Gasteiger partial charge in [0.2, 0.25) is 0 Å². The summed E-state index contributed by atoms with van der Waals surface area (Å²) in [5.74, 6) is 0.826. The van der Waals surface area contributed by atoms with Gasteiger partial charge in [-0.2, -0.15) is 0 Å². The molecule has 2 rings (SSSR count). The maximum atomic E-state index is 12.3. The molecule has 1 aliphatic heterocycles. The highest BCUT2D eigenvalue weighted by atomic mass is 16.7. The third kappa shape index (κ3) is 4.11. The van der Waals surface area contributed by atoms with Gasteiger partial charge in [-0.05, 0) is 32.3 Å². The van der Waals surface area contributed by atoms with E-state index in [-0.39, 0.29) is 12.1 Å². The van der Waals surface area contributed by atoms with E-state index in [9.17, 15) is 4.79 Å². The van der Waals surface area contributed by atoms with E-state index in [0.717, 1.165) is 30.6 Å². The van der Waals surface area contributed by atoms with Crippen LogP contribution in [0.25, 0.3) is 0 Å². The van der Waals surface area contributed by atoms with Crippen LogP contribution in [0.4, 0.5) is 4.79 Å². The lowest BCUT2D eigenvalue weighted by atomic mass is 10.0. The minimum absolute atomic E-state index is 0.0780. The van der Waals surface area contributed by atoms with Crippen LogP contribution in [-0.4, -0.2) is 30.9 Å². The molecule has 1 atom stereocenters. The van der Waals surface area contributed by atoms with Gasteiger partial charge in [0, 0.05) is 5.56 Å². The van der Waals surface area contributed by atoms with Gasteiger partial charge in [-0.15, -0.1) is 0 Å². The summed E-state index contributed by atoms with van der Waals surface area (Å²) in [6.07, 6.45) is 2.79. The molecule has 1 fully saturated rings. The third-order valence-corrected chi connectivity index (χ3v) is 3.53. The monoisotopic (exact) mass is 292 g/mol. The van der Waals surface area contributed by atoms with Crippen LogP contribution in [0.3, 0.4) is 0 Å². The fourth-order valence-corrected chi connectivity index (χ4v) is 2.43. The van der Waals surface area contributed by atoms with E-state index in [1.807, 2.05) is 38.1 Å². The number of para-hydroxylation sites is 1. The Hall–Kier alpha value is -1.75. The minimum atomic E-state index is -0.173. The molecule has 21 heavy (non-hydrogen) atoms. The molecule has 0 radical (unpaired) electrons. The van der Waals surface area contributed by atoms with E-state index in [1.165, 1.54) is 5.06 Å². The Kier molecular flexibility index (Phi) is 5.87. The van der Waals surface area contributed by atoms with Gasteiger partial charge < -0.3 is 10.1 Å². The fourth-order valence-electron chi connectivity index (χ4n) is 2.43. The van der Waals surface area contributed by atoms with Crippen molar-refractivity contribution in [3.8, 4) is 5.75 Å². The average molecular weight is 292 g/mol. The van der Waals surface area contributed by atoms with Crippen LogP contribution in [0.15, 0.2) is 24.3 Å². The lowest BCUT2D eigenvalue weighted by Crippen LogP contribution is -2.44. The predicted molar refractivity (Wildman–Crippen MR) is 81.1 cm³/mol. The average Bonchev–Trinajstić information content (AvgIpc) is 2.54. The summed E-state index contributed by atoms with van der Waals surface area (Å²) >= 11 is 0. The largest absolute Gasteiger partial charge is 0.494 e.